The average Bonchev–Trinajstić information content (AvgIpc) is 2.60. The molecular weight excluding hydrogens is 316 g/mol. The number of likely N-dealkylation sites (N-methyl/N-ethyl adjacent to an activating group) is 1. The van der Waals surface area contributed by atoms with Gasteiger partial charge in [-0.25, -0.2) is 4.79 Å². The largest absolute Gasteiger partial charge is 0.445 e. The lowest BCUT2D eigenvalue weighted by Gasteiger charge is -2.25. The Bertz CT molecular complexity index is 491. The molecule has 0 saturated heterocycles. The van der Waals surface area contributed by atoms with Crippen LogP contribution in [0.25, 0.3) is 0 Å². The lowest BCUT2D eigenvalue weighted by Crippen LogP contribution is -2.37. The van der Waals surface area contributed by atoms with E-state index in [4.69, 9.17) is 4.74 Å². The molecule has 1 aromatic rings. The summed E-state index contributed by atoms with van der Waals surface area (Å²) in [6.07, 6.45) is 5.84. The number of hydrogen-bond donors (Lipinski definition) is 1. The molecule has 1 rings (SSSR count). The van der Waals surface area contributed by atoms with Crippen LogP contribution in [0.2, 0.25) is 0 Å². The highest BCUT2D eigenvalue weighted by molar-refractivity contribution is 5.67. The van der Waals surface area contributed by atoms with Crippen molar-refractivity contribution in [3.63, 3.8) is 0 Å². The third kappa shape index (κ3) is 9.25. The molecule has 1 atom stereocenters. The molecule has 139 valence electrons. The normalized spacial score (nSPS) is 12.2. The number of alkyl carbamates (subject to hydrolysis) is 1. The van der Waals surface area contributed by atoms with Crippen LogP contribution < -0.4 is 5.32 Å². The van der Waals surface area contributed by atoms with Gasteiger partial charge >= 0.3 is 6.09 Å². The highest BCUT2D eigenvalue weighted by Gasteiger charge is 2.17. The van der Waals surface area contributed by atoms with Gasteiger partial charge in [-0.3, -0.25) is 9.69 Å². The van der Waals surface area contributed by atoms with Crippen molar-refractivity contribution in [2.75, 3.05) is 20.1 Å². The molecule has 1 N–H and O–H groups in total. The van der Waals surface area contributed by atoms with E-state index in [0.29, 0.717) is 13.2 Å². The SMILES string of the molecule is CC(C)[C@@H]([C]=O)N(C)CCCCCCNC(=O)OCc1ccccc1. The third-order valence-electron chi connectivity index (χ3n) is 4.15. The van der Waals surface area contributed by atoms with Gasteiger partial charge in [-0.05, 0) is 37.9 Å². The van der Waals surface area contributed by atoms with E-state index in [1.54, 1.807) is 0 Å². The van der Waals surface area contributed by atoms with Crippen molar-refractivity contribution < 1.29 is 14.3 Å². The Balaban J connectivity index is 2.01. The molecule has 0 fully saturated rings. The number of hydrogen-bond acceptors (Lipinski definition) is 4. The summed E-state index contributed by atoms with van der Waals surface area (Å²) in [5.74, 6) is 0.286. The smallest absolute Gasteiger partial charge is 0.407 e. The fourth-order valence-electron chi connectivity index (χ4n) is 2.68. The predicted octanol–water partition coefficient (Wildman–Crippen LogP) is 3.54. The van der Waals surface area contributed by atoms with Crippen LogP contribution in [0.4, 0.5) is 4.79 Å². The van der Waals surface area contributed by atoms with Crippen LogP contribution in [-0.2, 0) is 16.1 Å². The molecule has 0 aliphatic rings. The first kappa shape index (κ1) is 21.2. The molecule has 0 aliphatic carbocycles. The van der Waals surface area contributed by atoms with Crippen molar-refractivity contribution in [3.8, 4) is 0 Å². The molecule has 0 spiro atoms. The molecule has 1 radical (unpaired) electrons. The molecule has 0 bridgehead atoms. The van der Waals surface area contributed by atoms with Crippen molar-refractivity contribution in [3.05, 3.63) is 35.9 Å². The van der Waals surface area contributed by atoms with Crippen molar-refractivity contribution >= 4 is 12.4 Å². The third-order valence-corrected chi connectivity index (χ3v) is 4.15. The van der Waals surface area contributed by atoms with E-state index in [0.717, 1.165) is 37.8 Å². The maximum Gasteiger partial charge on any atom is 0.407 e. The number of nitrogens with zero attached hydrogens (tertiary/aromatic N) is 1. The number of unbranched alkanes of at least 4 members (excludes halogenated alkanes) is 3. The number of carbonyl (C=O) groups is 1. The van der Waals surface area contributed by atoms with Crippen molar-refractivity contribution in [1.82, 2.24) is 10.2 Å². The summed E-state index contributed by atoms with van der Waals surface area (Å²) < 4.78 is 5.16. The highest BCUT2D eigenvalue weighted by Crippen LogP contribution is 2.09. The Labute approximate surface area is 151 Å². The summed E-state index contributed by atoms with van der Waals surface area (Å²) in [7, 11) is 1.97. The van der Waals surface area contributed by atoms with Gasteiger partial charge in [-0.15, -0.1) is 0 Å². The van der Waals surface area contributed by atoms with E-state index < -0.39 is 0 Å². The fraction of sp³-hybridized carbons (Fsp3) is 0.600. The highest BCUT2D eigenvalue weighted by atomic mass is 16.5. The van der Waals surface area contributed by atoms with E-state index in [2.05, 4.69) is 16.5 Å². The number of ether oxygens (including phenoxy) is 1. The first-order valence-corrected chi connectivity index (χ1v) is 9.07. The van der Waals surface area contributed by atoms with E-state index in [-0.39, 0.29) is 18.1 Å². The monoisotopic (exact) mass is 347 g/mol. The fourth-order valence-corrected chi connectivity index (χ4v) is 2.68. The predicted molar refractivity (Wildman–Crippen MR) is 100 cm³/mol. The molecular formula is C20H31N2O3. The van der Waals surface area contributed by atoms with Gasteiger partial charge in [0.15, 0.2) is 0 Å². The van der Waals surface area contributed by atoms with E-state index in [9.17, 15) is 9.59 Å². The summed E-state index contributed by atoms with van der Waals surface area (Å²) in [6.45, 7) is 5.89. The Hall–Kier alpha value is -1.88. The Morgan fingerprint density at radius 3 is 2.48 bits per heavy atom. The van der Waals surface area contributed by atoms with Gasteiger partial charge in [0.1, 0.15) is 6.61 Å². The van der Waals surface area contributed by atoms with Crippen LogP contribution >= 0.6 is 0 Å². The molecule has 0 unspecified atom stereocenters. The Morgan fingerprint density at radius 1 is 1.16 bits per heavy atom. The molecule has 0 heterocycles. The van der Waals surface area contributed by atoms with Gasteiger partial charge in [-0.2, -0.15) is 0 Å². The molecule has 1 amide bonds. The number of amides is 1. The number of rotatable bonds is 12. The first-order valence-electron chi connectivity index (χ1n) is 9.07. The first-order chi connectivity index (χ1) is 12.0. The molecule has 0 aliphatic heterocycles. The summed E-state index contributed by atoms with van der Waals surface area (Å²) in [5.41, 5.74) is 0.981. The summed E-state index contributed by atoms with van der Waals surface area (Å²) in [6, 6.07) is 9.50. The minimum Gasteiger partial charge on any atom is -0.445 e. The second kappa shape index (κ2) is 12.5. The molecule has 5 nitrogen and oxygen atoms in total. The van der Waals surface area contributed by atoms with Crippen LogP contribution in [0, 0.1) is 5.92 Å². The average molecular weight is 347 g/mol. The standard InChI is InChI=1S/C20H31N2O3/c1-17(2)19(15-23)22(3)14-10-5-4-9-13-21-20(24)25-16-18-11-7-6-8-12-18/h6-8,11-12,17,19H,4-5,9-10,13-14,16H2,1-3H3,(H,21,24)/t19-/m1/s1. The zero-order valence-corrected chi connectivity index (χ0v) is 15.7. The van der Waals surface area contributed by atoms with E-state index in [1.807, 2.05) is 51.2 Å². The number of carbonyl (C=O) groups excluding carboxylic acids is 2. The lowest BCUT2D eigenvalue weighted by atomic mass is 10.0. The molecule has 0 saturated carbocycles. The Kier molecular flexibility index (Phi) is 10.6. The maximum absolute atomic E-state index is 11.6. The van der Waals surface area contributed by atoms with Crippen LogP contribution in [0.15, 0.2) is 30.3 Å². The van der Waals surface area contributed by atoms with Gasteiger partial charge in [0.05, 0.1) is 6.04 Å². The summed E-state index contributed by atoms with van der Waals surface area (Å²) >= 11 is 0. The molecule has 5 heteroatoms. The lowest BCUT2D eigenvalue weighted by molar-refractivity contribution is 0.139. The topological polar surface area (TPSA) is 58.6 Å². The van der Waals surface area contributed by atoms with Gasteiger partial charge in [-0.1, -0.05) is 57.0 Å². The van der Waals surface area contributed by atoms with Gasteiger partial charge in [0.25, 0.3) is 0 Å². The molecule has 0 aromatic heterocycles. The molecule has 25 heavy (non-hydrogen) atoms. The van der Waals surface area contributed by atoms with Crippen LogP contribution in [0.1, 0.15) is 45.1 Å². The van der Waals surface area contributed by atoms with Crippen molar-refractivity contribution in [2.45, 2.75) is 52.2 Å². The quantitative estimate of drug-likeness (QED) is 0.588. The van der Waals surface area contributed by atoms with E-state index in [1.165, 1.54) is 0 Å². The second-order valence-corrected chi connectivity index (χ2v) is 6.69. The van der Waals surface area contributed by atoms with Gasteiger partial charge < -0.3 is 10.1 Å². The van der Waals surface area contributed by atoms with E-state index >= 15 is 0 Å². The minimum absolute atomic E-state index is 0.124. The summed E-state index contributed by atoms with van der Waals surface area (Å²) in [4.78, 5) is 24.6. The number of benzene rings is 1. The van der Waals surface area contributed by atoms with Crippen LogP contribution in [0.5, 0.6) is 0 Å². The zero-order chi connectivity index (χ0) is 18.5. The van der Waals surface area contributed by atoms with Crippen molar-refractivity contribution in [1.29, 1.82) is 0 Å². The second-order valence-electron chi connectivity index (χ2n) is 6.69. The summed E-state index contributed by atoms with van der Waals surface area (Å²) in [5, 5.41) is 2.77. The number of nitrogens with one attached hydrogen (secondary N) is 1. The van der Waals surface area contributed by atoms with Crippen LogP contribution in [-0.4, -0.2) is 43.5 Å². The van der Waals surface area contributed by atoms with Gasteiger partial charge in [0, 0.05) is 6.54 Å². The van der Waals surface area contributed by atoms with Crippen molar-refractivity contribution in [2.24, 2.45) is 5.92 Å². The Morgan fingerprint density at radius 2 is 1.84 bits per heavy atom. The zero-order valence-electron chi connectivity index (χ0n) is 15.7. The molecule has 1 aromatic carbocycles. The minimum atomic E-state index is -0.370. The van der Waals surface area contributed by atoms with Gasteiger partial charge in [0.2, 0.25) is 6.29 Å². The van der Waals surface area contributed by atoms with Crippen LogP contribution in [0.3, 0.4) is 0 Å². The maximum atomic E-state index is 11.6.